The largest absolute Gasteiger partial charge is 0.458 e. The van der Waals surface area contributed by atoms with Gasteiger partial charge in [-0.15, -0.1) is 5.10 Å². The summed E-state index contributed by atoms with van der Waals surface area (Å²) in [5.74, 6) is -0.494. The Bertz CT molecular complexity index is 610. The second-order valence-electron chi connectivity index (χ2n) is 4.44. The van der Waals surface area contributed by atoms with Gasteiger partial charge in [0.25, 0.3) is 0 Å². The normalized spacial score (nSPS) is 10.6. The molecule has 0 aliphatic heterocycles. The molecule has 0 N–H and O–H groups in total. The van der Waals surface area contributed by atoms with Gasteiger partial charge in [0.15, 0.2) is 5.69 Å². The van der Waals surface area contributed by atoms with Gasteiger partial charge >= 0.3 is 5.97 Å². The molecule has 0 aliphatic rings. The van der Waals surface area contributed by atoms with Crippen LogP contribution in [0.25, 0.3) is 0 Å². The van der Waals surface area contributed by atoms with E-state index >= 15 is 0 Å². The van der Waals surface area contributed by atoms with Crippen LogP contribution in [-0.2, 0) is 16.0 Å². The molecule has 1 heterocycles. The smallest absolute Gasteiger partial charge is 0.360 e. The van der Waals surface area contributed by atoms with Gasteiger partial charge in [-0.25, -0.2) is 9.48 Å². The molecule has 0 fully saturated rings. The number of carbonyl (C=O) groups excluding carboxylic acids is 1. The monoisotopic (exact) mass is 309 g/mol. The lowest BCUT2D eigenvalue weighted by molar-refractivity contribution is 0.0380. The van der Waals surface area contributed by atoms with Crippen molar-refractivity contribution in [2.75, 3.05) is 20.3 Å². The maximum atomic E-state index is 11.8. The summed E-state index contributed by atoms with van der Waals surface area (Å²) in [6.45, 7) is 2.84. The molecule has 7 heteroatoms. The summed E-state index contributed by atoms with van der Waals surface area (Å²) < 4.78 is 11.5. The lowest BCUT2D eigenvalue weighted by Gasteiger charge is -2.05. The van der Waals surface area contributed by atoms with Crippen molar-refractivity contribution < 1.29 is 14.3 Å². The maximum absolute atomic E-state index is 11.8. The fraction of sp³-hybridized carbons (Fsp3) is 0.357. The molecule has 0 unspecified atom stereocenters. The maximum Gasteiger partial charge on any atom is 0.360 e. The Labute approximate surface area is 127 Å². The number of methoxy groups -OCH3 is 1. The highest BCUT2D eigenvalue weighted by atomic mass is 35.5. The molecule has 0 radical (unpaired) electrons. The molecule has 112 valence electrons. The Morgan fingerprint density at radius 1 is 1.29 bits per heavy atom. The third kappa shape index (κ3) is 4.03. The first-order valence-electron chi connectivity index (χ1n) is 6.42. The molecule has 2 aromatic rings. The van der Waals surface area contributed by atoms with Crippen LogP contribution in [0.1, 0.15) is 21.7 Å². The van der Waals surface area contributed by atoms with Gasteiger partial charge < -0.3 is 9.47 Å². The third-order valence-electron chi connectivity index (χ3n) is 2.94. The minimum Gasteiger partial charge on any atom is -0.458 e. The van der Waals surface area contributed by atoms with Crippen molar-refractivity contribution in [1.29, 1.82) is 0 Å². The van der Waals surface area contributed by atoms with E-state index in [9.17, 15) is 4.79 Å². The van der Waals surface area contributed by atoms with Crippen LogP contribution in [0.3, 0.4) is 0 Å². The summed E-state index contributed by atoms with van der Waals surface area (Å²) in [5, 5.41) is 8.54. The lowest BCUT2D eigenvalue weighted by Crippen LogP contribution is -2.12. The molecule has 2 rings (SSSR count). The predicted octanol–water partition coefficient (Wildman–Crippen LogP) is 2.09. The van der Waals surface area contributed by atoms with Crippen molar-refractivity contribution in [2.45, 2.75) is 13.5 Å². The van der Waals surface area contributed by atoms with Crippen LogP contribution in [0.4, 0.5) is 0 Å². The van der Waals surface area contributed by atoms with Gasteiger partial charge in [-0.1, -0.05) is 28.9 Å². The molecular weight excluding hydrogens is 294 g/mol. The van der Waals surface area contributed by atoms with Gasteiger partial charge in [0, 0.05) is 12.1 Å². The molecule has 1 aromatic carbocycles. The Hall–Kier alpha value is -1.92. The molecule has 0 spiro atoms. The number of hydrogen-bond acceptors (Lipinski definition) is 5. The first kappa shape index (κ1) is 15.5. The number of nitrogens with zero attached hydrogens (tertiary/aromatic N) is 3. The summed E-state index contributed by atoms with van der Waals surface area (Å²) in [4.78, 5) is 11.8. The molecule has 1 aromatic heterocycles. The van der Waals surface area contributed by atoms with Crippen molar-refractivity contribution in [3.63, 3.8) is 0 Å². The SMILES string of the molecule is COCCOC(=O)c1nnn(Cc2ccc(Cl)cc2)c1C. The number of hydrogen-bond donors (Lipinski definition) is 0. The van der Waals surface area contributed by atoms with E-state index < -0.39 is 5.97 Å². The van der Waals surface area contributed by atoms with Gasteiger partial charge in [0.05, 0.1) is 18.8 Å². The Kier molecular flexibility index (Phi) is 5.30. The van der Waals surface area contributed by atoms with Gasteiger partial charge in [-0.2, -0.15) is 0 Å². The molecule has 0 aliphatic carbocycles. The second-order valence-corrected chi connectivity index (χ2v) is 4.87. The zero-order chi connectivity index (χ0) is 15.2. The number of halogens is 1. The fourth-order valence-corrected chi connectivity index (χ4v) is 1.87. The second kappa shape index (κ2) is 7.19. The number of esters is 1. The van der Waals surface area contributed by atoms with E-state index in [-0.39, 0.29) is 12.3 Å². The highest BCUT2D eigenvalue weighted by molar-refractivity contribution is 6.30. The van der Waals surface area contributed by atoms with Crippen LogP contribution >= 0.6 is 11.6 Å². The fourth-order valence-electron chi connectivity index (χ4n) is 1.75. The van der Waals surface area contributed by atoms with Crippen LogP contribution in [0.2, 0.25) is 5.02 Å². The molecule has 6 nitrogen and oxygen atoms in total. The third-order valence-corrected chi connectivity index (χ3v) is 3.19. The lowest BCUT2D eigenvalue weighted by atomic mass is 10.2. The van der Waals surface area contributed by atoms with Gasteiger partial charge in [-0.3, -0.25) is 0 Å². The van der Waals surface area contributed by atoms with Gasteiger partial charge in [0.1, 0.15) is 6.61 Å². The van der Waals surface area contributed by atoms with Gasteiger partial charge in [-0.05, 0) is 24.6 Å². The van der Waals surface area contributed by atoms with E-state index in [1.807, 2.05) is 24.3 Å². The summed E-state index contributed by atoms with van der Waals surface area (Å²) >= 11 is 5.85. The van der Waals surface area contributed by atoms with Gasteiger partial charge in [0.2, 0.25) is 0 Å². The van der Waals surface area contributed by atoms with Crippen molar-refractivity contribution >= 4 is 17.6 Å². The standard InChI is InChI=1S/C14H16ClN3O3/c1-10-13(14(19)21-8-7-20-2)16-17-18(10)9-11-3-5-12(15)6-4-11/h3-6H,7-9H2,1-2H3. The highest BCUT2D eigenvalue weighted by Crippen LogP contribution is 2.12. The molecular formula is C14H16ClN3O3. The van der Waals surface area contributed by atoms with Crippen molar-refractivity contribution in [1.82, 2.24) is 15.0 Å². The average Bonchev–Trinajstić information content (AvgIpc) is 2.83. The zero-order valence-electron chi connectivity index (χ0n) is 11.9. The van der Waals surface area contributed by atoms with E-state index in [1.54, 1.807) is 18.7 Å². The number of carbonyl (C=O) groups is 1. The van der Waals surface area contributed by atoms with Crippen LogP contribution in [0.15, 0.2) is 24.3 Å². The summed E-state index contributed by atoms with van der Waals surface area (Å²) in [6, 6.07) is 7.42. The first-order chi connectivity index (χ1) is 10.1. The predicted molar refractivity (Wildman–Crippen MR) is 77.5 cm³/mol. The Morgan fingerprint density at radius 2 is 2.00 bits per heavy atom. The van der Waals surface area contributed by atoms with Crippen LogP contribution in [0, 0.1) is 6.92 Å². The summed E-state index contributed by atoms with van der Waals surface area (Å²) in [6.07, 6.45) is 0. The Balaban J connectivity index is 2.06. The molecule has 0 saturated heterocycles. The summed E-state index contributed by atoms with van der Waals surface area (Å²) in [7, 11) is 1.54. The molecule has 0 saturated carbocycles. The van der Waals surface area contributed by atoms with Crippen LogP contribution in [0.5, 0.6) is 0 Å². The van der Waals surface area contributed by atoms with E-state index in [2.05, 4.69) is 10.3 Å². The number of aromatic nitrogens is 3. The molecule has 0 bridgehead atoms. The molecule has 0 atom stereocenters. The number of rotatable bonds is 6. The zero-order valence-corrected chi connectivity index (χ0v) is 12.6. The Morgan fingerprint density at radius 3 is 2.67 bits per heavy atom. The van der Waals surface area contributed by atoms with E-state index in [0.717, 1.165) is 5.56 Å². The first-order valence-corrected chi connectivity index (χ1v) is 6.80. The van der Waals surface area contributed by atoms with E-state index in [0.29, 0.717) is 23.9 Å². The minimum absolute atomic E-state index is 0.193. The minimum atomic E-state index is -0.494. The topological polar surface area (TPSA) is 66.2 Å². The quantitative estimate of drug-likeness (QED) is 0.604. The van der Waals surface area contributed by atoms with Crippen LogP contribution < -0.4 is 0 Å². The van der Waals surface area contributed by atoms with Crippen LogP contribution in [-0.4, -0.2) is 41.3 Å². The van der Waals surface area contributed by atoms with E-state index in [4.69, 9.17) is 21.1 Å². The highest BCUT2D eigenvalue weighted by Gasteiger charge is 2.17. The van der Waals surface area contributed by atoms with E-state index in [1.165, 1.54) is 0 Å². The van der Waals surface area contributed by atoms with Crippen molar-refractivity contribution in [3.8, 4) is 0 Å². The van der Waals surface area contributed by atoms with Crippen molar-refractivity contribution in [3.05, 3.63) is 46.2 Å². The number of ether oxygens (including phenoxy) is 2. The molecule has 0 amide bonds. The number of benzene rings is 1. The molecule has 21 heavy (non-hydrogen) atoms. The average molecular weight is 310 g/mol. The van der Waals surface area contributed by atoms with Crippen molar-refractivity contribution in [2.24, 2.45) is 0 Å². The summed E-state index contributed by atoms with van der Waals surface area (Å²) in [5.41, 5.74) is 1.90.